The van der Waals surface area contributed by atoms with Crippen LogP contribution in [0.3, 0.4) is 0 Å². The SMILES string of the molecule is O=C1Nc2c(ccc(F)c2F)C1(c1ccc(O)cc1)c1ccc2c(c1)OCO2. The Kier molecular flexibility index (Phi) is 3.37. The number of rotatable bonds is 2. The number of anilines is 1. The molecule has 0 radical (unpaired) electrons. The first-order valence-corrected chi connectivity index (χ1v) is 8.51. The van der Waals surface area contributed by atoms with Crippen LogP contribution in [0.4, 0.5) is 14.5 Å². The van der Waals surface area contributed by atoms with Crippen LogP contribution >= 0.6 is 0 Å². The van der Waals surface area contributed by atoms with Crippen LogP contribution in [-0.2, 0) is 10.2 Å². The molecule has 28 heavy (non-hydrogen) atoms. The zero-order valence-electron chi connectivity index (χ0n) is 14.3. The van der Waals surface area contributed by atoms with Gasteiger partial charge in [0.1, 0.15) is 11.2 Å². The maximum Gasteiger partial charge on any atom is 0.244 e. The molecule has 5 rings (SSSR count). The Morgan fingerprint density at radius 1 is 0.929 bits per heavy atom. The Morgan fingerprint density at radius 3 is 2.43 bits per heavy atom. The molecule has 0 aromatic heterocycles. The number of hydrogen-bond donors (Lipinski definition) is 2. The van der Waals surface area contributed by atoms with E-state index < -0.39 is 23.0 Å². The average Bonchev–Trinajstić information content (AvgIpc) is 3.27. The van der Waals surface area contributed by atoms with E-state index in [4.69, 9.17) is 9.47 Å². The molecular formula is C21H13F2NO4. The van der Waals surface area contributed by atoms with Gasteiger partial charge in [-0.3, -0.25) is 4.79 Å². The average molecular weight is 381 g/mol. The molecule has 2 aliphatic heterocycles. The van der Waals surface area contributed by atoms with Crippen LogP contribution in [0.5, 0.6) is 17.2 Å². The Morgan fingerprint density at radius 2 is 1.64 bits per heavy atom. The molecule has 0 bridgehead atoms. The number of hydrogen-bond acceptors (Lipinski definition) is 4. The van der Waals surface area contributed by atoms with Crippen LogP contribution in [0.2, 0.25) is 0 Å². The number of fused-ring (bicyclic) bond motifs is 2. The second-order valence-corrected chi connectivity index (χ2v) is 6.60. The largest absolute Gasteiger partial charge is 0.508 e. The Labute approximate surface area is 158 Å². The summed E-state index contributed by atoms with van der Waals surface area (Å²) in [5.41, 5.74) is -0.369. The van der Waals surface area contributed by atoms with E-state index in [2.05, 4.69) is 5.32 Å². The zero-order chi connectivity index (χ0) is 19.5. The number of phenols is 1. The molecule has 1 amide bonds. The number of halogens is 2. The second-order valence-electron chi connectivity index (χ2n) is 6.60. The molecule has 0 spiro atoms. The first kappa shape index (κ1) is 16.6. The van der Waals surface area contributed by atoms with Crippen molar-refractivity contribution >= 4 is 11.6 Å². The summed E-state index contributed by atoms with van der Waals surface area (Å²) in [5, 5.41) is 12.2. The number of nitrogens with one attached hydrogen (secondary N) is 1. The number of phenolic OH excluding ortho intramolecular Hbond substituents is 1. The molecule has 7 heteroatoms. The van der Waals surface area contributed by atoms with Crippen molar-refractivity contribution in [3.05, 3.63) is 82.9 Å². The predicted octanol–water partition coefficient (Wildman–Crippen LogP) is 3.69. The van der Waals surface area contributed by atoms with E-state index in [0.717, 1.165) is 6.07 Å². The van der Waals surface area contributed by atoms with Gasteiger partial charge in [-0.2, -0.15) is 0 Å². The van der Waals surface area contributed by atoms with E-state index >= 15 is 0 Å². The van der Waals surface area contributed by atoms with Crippen molar-refractivity contribution in [2.45, 2.75) is 5.41 Å². The second kappa shape index (κ2) is 5.69. The van der Waals surface area contributed by atoms with Crippen molar-refractivity contribution in [3.8, 4) is 17.2 Å². The van der Waals surface area contributed by atoms with E-state index in [9.17, 15) is 18.7 Å². The standard InChI is InChI=1S/C21H13F2NO4/c22-15-7-6-14-19(18(15)23)24-20(26)21(14,11-1-4-13(25)5-2-11)12-3-8-16-17(9-12)28-10-27-16/h1-9,25H,10H2,(H,24,26). The highest BCUT2D eigenvalue weighted by Crippen LogP contribution is 2.50. The Bertz CT molecular complexity index is 1130. The summed E-state index contributed by atoms with van der Waals surface area (Å²) >= 11 is 0. The highest BCUT2D eigenvalue weighted by molar-refractivity contribution is 6.11. The molecule has 0 saturated heterocycles. The lowest BCUT2D eigenvalue weighted by Crippen LogP contribution is -2.37. The van der Waals surface area contributed by atoms with Crippen molar-refractivity contribution in [2.24, 2.45) is 0 Å². The van der Waals surface area contributed by atoms with Gasteiger partial charge in [-0.25, -0.2) is 8.78 Å². The molecule has 0 saturated carbocycles. The summed E-state index contributed by atoms with van der Waals surface area (Å²) in [5.74, 6) is -1.68. The number of carbonyl (C=O) groups excluding carboxylic acids is 1. The minimum absolute atomic E-state index is 0.0218. The maximum absolute atomic E-state index is 14.5. The van der Waals surface area contributed by atoms with Crippen LogP contribution in [0.15, 0.2) is 54.6 Å². The van der Waals surface area contributed by atoms with E-state index in [1.807, 2.05) is 0 Å². The molecule has 3 aromatic rings. The van der Waals surface area contributed by atoms with Crippen LogP contribution < -0.4 is 14.8 Å². The fraction of sp³-hybridized carbons (Fsp3) is 0.0952. The van der Waals surface area contributed by atoms with Crippen LogP contribution in [0, 0.1) is 11.6 Å². The summed E-state index contributed by atoms with van der Waals surface area (Å²) in [7, 11) is 0. The van der Waals surface area contributed by atoms with Gasteiger partial charge in [-0.05, 0) is 41.5 Å². The van der Waals surface area contributed by atoms with Gasteiger partial charge >= 0.3 is 0 Å². The highest BCUT2D eigenvalue weighted by atomic mass is 19.2. The van der Waals surface area contributed by atoms with Crippen LogP contribution in [0.25, 0.3) is 0 Å². The van der Waals surface area contributed by atoms with Gasteiger partial charge in [-0.15, -0.1) is 0 Å². The lowest BCUT2D eigenvalue weighted by Gasteiger charge is -2.29. The van der Waals surface area contributed by atoms with Crippen molar-refractivity contribution in [3.63, 3.8) is 0 Å². The maximum atomic E-state index is 14.5. The third kappa shape index (κ3) is 2.07. The van der Waals surface area contributed by atoms with Gasteiger partial charge in [0.15, 0.2) is 23.1 Å². The molecule has 0 fully saturated rings. The van der Waals surface area contributed by atoms with Crippen molar-refractivity contribution in [2.75, 3.05) is 12.1 Å². The lowest BCUT2D eigenvalue weighted by atomic mass is 9.70. The van der Waals surface area contributed by atoms with Gasteiger partial charge in [-0.1, -0.05) is 24.3 Å². The van der Waals surface area contributed by atoms with E-state index in [-0.39, 0.29) is 23.8 Å². The first-order chi connectivity index (χ1) is 13.5. The first-order valence-electron chi connectivity index (χ1n) is 8.51. The number of carbonyl (C=O) groups is 1. The fourth-order valence-electron chi connectivity index (χ4n) is 3.90. The van der Waals surface area contributed by atoms with Crippen molar-refractivity contribution < 1.29 is 28.2 Å². The van der Waals surface area contributed by atoms with Crippen molar-refractivity contribution in [1.29, 1.82) is 0 Å². The predicted molar refractivity (Wildman–Crippen MR) is 95.5 cm³/mol. The molecule has 1 unspecified atom stereocenters. The third-order valence-corrected chi connectivity index (χ3v) is 5.18. The van der Waals surface area contributed by atoms with E-state index in [1.165, 1.54) is 18.2 Å². The molecular weight excluding hydrogens is 368 g/mol. The smallest absolute Gasteiger partial charge is 0.244 e. The van der Waals surface area contributed by atoms with Gasteiger partial charge in [0.25, 0.3) is 0 Å². The zero-order valence-corrected chi connectivity index (χ0v) is 14.3. The number of ether oxygens (including phenoxy) is 2. The summed E-state index contributed by atoms with van der Waals surface area (Å²) in [6.07, 6.45) is 0. The van der Waals surface area contributed by atoms with E-state index in [1.54, 1.807) is 30.3 Å². The Balaban J connectivity index is 1.84. The van der Waals surface area contributed by atoms with Crippen molar-refractivity contribution in [1.82, 2.24) is 0 Å². The molecule has 140 valence electrons. The summed E-state index contributed by atoms with van der Waals surface area (Å²) in [4.78, 5) is 13.3. The normalized spacial score (nSPS) is 19.4. The third-order valence-electron chi connectivity index (χ3n) is 5.18. The topological polar surface area (TPSA) is 67.8 Å². The number of amides is 1. The van der Waals surface area contributed by atoms with E-state index in [0.29, 0.717) is 22.6 Å². The van der Waals surface area contributed by atoms with Gasteiger partial charge in [0.2, 0.25) is 12.7 Å². The molecule has 3 aromatic carbocycles. The highest BCUT2D eigenvalue weighted by Gasteiger charge is 2.51. The molecule has 2 aliphatic rings. The molecule has 2 N–H and O–H groups in total. The molecule has 1 atom stereocenters. The summed E-state index contributed by atoms with van der Waals surface area (Å²) < 4.78 is 39.0. The lowest BCUT2D eigenvalue weighted by molar-refractivity contribution is -0.118. The van der Waals surface area contributed by atoms with Crippen LogP contribution in [-0.4, -0.2) is 17.8 Å². The van der Waals surface area contributed by atoms with Gasteiger partial charge in [0, 0.05) is 5.56 Å². The monoisotopic (exact) mass is 381 g/mol. The van der Waals surface area contributed by atoms with Gasteiger partial charge in [0.05, 0.1) is 5.69 Å². The fourth-order valence-corrected chi connectivity index (χ4v) is 3.90. The van der Waals surface area contributed by atoms with Gasteiger partial charge < -0.3 is 19.9 Å². The molecule has 2 heterocycles. The summed E-state index contributed by atoms with van der Waals surface area (Å²) in [6.45, 7) is 0.0631. The number of benzene rings is 3. The summed E-state index contributed by atoms with van der Waals surface area (Å²) in [6, 6.07) is 13.4. The number of aromatic hydroxyl groups is 1. The molecule has 0 aliphatic carbocycles. The quantitative estimate of drug-likeness (QED) is 0.711. The Hall–Kier alpha value is -3.61. The molecule has 5 nitrogen and oxygen atoms in total. The minimum atomic E-state index is -1.45. The van der Waals surface area contributed by atoms with Crippen LogP contribution in [0.1, 0.15) is 16.7 Å². The minimum Gasteiger partial charge on any atom is -0.508 e.